The van der Waals surface area contributed by atoms with Crippen molar-refractivity contribution in [2.75, 3.05) is 0 Å². The van der Waals surface area contributed by atoms with Crippen LogP contribution in [0.15, 0.2) is 40.7 Å². The van der Waals surface area contributed by atoms with Gasteiger partial charge in [-0.2, -0.15) is 0 Å². The van der Waals surface area contributed by atoms with Crippen molar-refractivity contribution in [3.63, 3.8) is 0 Å². The highest BCUT2D eigenvalue weighted by molar-refractivity contribution is 7.89. The average Bonchev–Trinajstić information content (AvgIpc) is 2.78. The Hall–Kier alpha value is -1.44. The molecule has 0 fully saturated rings. The number of hydrogen-bond acceptors (Lipinski definition) is 5. The third-order valence-corrected chi connectivity index (χ3v) is 3.75. The summed E-state index contributed by atoms with van der Waals surface area (Å²) < 4.78 is 27.9. The molecule has 2 aromatic heterocycles. The van der Waals surface area contributed by atoms with Crippen LogP contribution in [0.1, 0.15) is 4.88 Å². The van der Waals surface area contributed by atoms with Crippen molar-refractivity contribution in [3.8, 4) is 5.88 Å². The number of pyridine rings is 1. The third kappa shape index (κ3) is 3.02. The van der Waals surface area contributed by atoms with Gasteiger partial charge in [-0.25, -0.2) is 18.5 Å². The van der Waals surface area contributed by atoms with Crippen molar-refractivity contribution in [2.45, 2.75) is 11.5 Å². The van der Waals surface area contributed by atoms with Crippen LogP contribution in [-0.2, 0) is 16.6 Å². The molecule has 2 heterocycles. The Balaban J connectivity index is 2.22. The zero-order valence-electron chi connectivity index (χ0n) is 8.74. The quantitative estimate of drug-likeness (QED) is 0.909. The van der Waals surface area contributed by atoms with Crippen LogP contribution in [0.5, 0.6) is 5.88 Å². The number of primary sulfonamides is 1. The van der Waals surface area contributed by atoms with E-state index >= 15 is 0 Å². The van der Waals surface area contributed by atoms with E-state index in [0.717, 1.165) is 4.88 Å². The molecule has 0 aliphatic heterocycles. The molecule has 0 bridgehead atoms. The molecule has 0 amide bonds. The summed E-state index contributed by atoms with van der Waals surface area (Å²) in [7, 11) is -3.81. The van der Waals surface area contributed by atoms with Gasteiger partial charge in [-0.05, 0) is 23.6 Å². The molecular formula is C10H10N2O3S2. The maximum Gasteiger partial charge on any atom is 0.243 e. The number of hydrogen-bond donors (Lipinski definition) is 1. The molecule has 0 aromatic carbocycles. The predicted molar refractivity (Wildman–Crippen MR) is 64.3 cm³/mol. The minimum atomic E-state index is -3.81. The van der Waals surface area contributed by atoms with Gasteiger partial charge in [0, 0.05) is 11.1 Å². The first-order chi connectivity index (χ1) is 8.07. The number of nitrogens with zero attached hydrogens (tertiary/aromatic N) is 1. The lowest BCUT2D eigenvalue weighted by Crippen LogP contribution is -2.14. The van der Waals surface area contributed by atoms with E-state index in [1.165, 1.54) is 29.7 Å². The monoisotopic (exact) mass is 270 g/mol. The fraction of sp³-hybridized carbons (Fsp3) is 0.100. The van der Waals surface area contributed by atoms with E-state index in [2.05, 4.69) is 4.98 Å². The molecule has 0 saturated heterocycles. The molecule has 0 atom stereocenters. The van der Waals surface area contributed by atoms with E-state index in [4.69, 9.17) is 9.88 Å². The van der Waals surface area contributed by atoms with E-state index < -0.39 is 10.0 Å². The largest absolute Gasteiger partial charge is 0.471 e. The Morgan fingerprint density at radius 1 is 1.35 bits per heavy atom. The molecule has 2 aromatic rings. The molecular weight excluding hydrogens is 260 g/mol. The molecule has 0 aliphatic carbocycles. The topological polar surface area (TPSA) is 82.3 Å². The highest BCUT2D eigenvalue weighted by Gasteiger charge is 2.15. The number of ether oxygens (including phenoxy) is 1. The van der Waals surface area contributed by atoms with Gasteiger partial charge in [0.1, 0.15) is 11.5 Å². The summed E-state index contributed by atoms with van der Waals surface area (Å²) in [6.07, 6.45) is 1.46. The maximum atomic E-state index is 11.3. The molecule has 17 heavy (non-hydrogen) atoms. The first-order valence-corrected chi connectivity index (χ1v) is 7.13. The molecule has 0 radical (unpaired) electrons. The van der Waals surface area contributed by atoms with E-state index in [1.54, 1.807) is 0 Å². The minimum absolute atomic E-state index is 0.0309. The second kappa shape index (κ2) is 4.82. The lowest BCUT2D eigenvalue weighted by atomic mass is 10.5. The smallest absolute Gasteiger partial charge is 0.243 e. The molecule has 2 N–H and O–H groups in total. The summed E-state index contributed by atoms with van der Waals surface area (Å²) in [6.45, 7) is 0.275. The third-order valence-electron chi connectivity index (χ3n) is 1.97. The Morgan fingerprint density at radius 3 is 2.82 bits per heavy atom. The van der Waals surface area contributed by atoms with Gasteiger partial charge in [0.15, 0.2) is 0 Å². The van der Waals surface area contributed by atoms with Crippen LogP contribution in [0.3, 0.4) is 0 Å². The predicted octanol–water partition coefficient (Wildman–Crippen LogP) is 1.37. The van der Waals surface area contributed by atoms with E-state index in [9.17, 15) is 8.42 Å². The standard InChI is InChI=1S/C10H10N2O3S2/c11-17(13,14)9-4-1-5-12-10(9)15-7-8-3-2-6-16-8/h1-6H,7H2,(H2,11,13,14). The lowest BCUT2D eigenvalue weighted by Gasteiger charge is -2.07. The molecule has 5 nitrogen and oxygen atoms in total. The van der Waals surface area contributed by atoms with Crippen LogP contribution < -0.4 is 9.88 Å². The van der Waals surface area contributed by atoms with Crippen molar-refractivity contribution < 1.29 is 13.2 Å². The van der Waals surface area contributed by atoms with E-state index in [1.807, 2.05) is 17.5 Å². The van der Waals surface area contributed by atoms with Gasteiger partial charge in [-0.15, -0.1) is 11.3 Å². The van der Waals surface area contributed by atoms with Gasteiger partial charge in [-0.1, -0.05) is 6.07 Å². The summed E-state index contributed by atoms with van der Waals surface area (Å²) in [5.74, 6) is 0.0309. The Morgan fingerprint density at radius 2 is 2.18 bits per heavy atom. The number of aromatic nitrogens is 1. The second-order valence-electron chi connectivity index (χ2n) is 3.22. The van der Waals surface area contributed by atoms with E-state index in [0.29, 0.717) is 0 Å². The van der Waals surface area contributed by atoms with Crippen LogP contribution in [0.25, 0.3) is 0 Å². The number of rotatable bonds is 4. The second-order valence-corrected chi connectivity index (χ2v) is 5.78. The number of thiophene rings is 1. The minimum Gasteiger partial charge on any atom is -0.471 e. The van der Waals surface area contributed by atoms with Gasteiger partial charge in [0.2, 0.25) is 15.9 Å². The fourth-order valence-electron chi connectivity index (χ4n) is 1.24. The van der Waals surface area contributed by atoms with Crippen molar-refractivity contribution in [3.05, 3.63) is 40.7 Å². The molecule has 90 valence electrons. The van der Waals surface area contributed by atoms with Crippen LogP contribution in [0, 0.1) is 0 Å². The van der Waals surface area contributed by atoms with Crippen molar-refractivity contribution >= 4 is 21.4 Å². The molecule has 0 spiro atoms. The average molecular weight is 270 g/mol. The summed E-state index contributed by atoms with van der Waals surface area (Å²) in [6, 6.07) is 6.65. The summed E-state index contributed by atoms with van der Waals surface area (Å²) >= 11 is 1.52. The van der Waals surface area contributed by atoms with Gasteiger partial charge < -0.3 is 4.74 Å². The molecule has 2 rings (SSSR count). The first-order valence-electron chi connectivity index (χ1n) is 4.70. The van der Waals surface area contributed by atoms with Crippen molar-refractivity contribution in [1.82, 2.24) is 4.98 Å². The molecule has 7 heteroatoms. The van der Waals surface area contributed by atoms with Crippen LogP contribution >= 0.6 is 11.3 Å². The van der Waals surface area contributed by atoms with E-state index in [-0.39, 0.29) is 17.4 Å². The van der Waals surface area contributed by atoms with Crippen molar-refractivity contribution in [1.29, 1.82) is 0 Å². The summed E-state index contributed by atoms with van der Waals surface area (Å²) in [4.78, 5) is 4.75. The maximum absolute atomic E-state index is 11.3. The summed E-state index contributed by atoms with van der Waals surface area (Å²) in [5, 5.41) is 6.98. The first kappa shape index (κ1) is 12.0. The number of nitrogens with two attached hydrogens (primary N) is 1. The normalized spacial score (nSPS) is 11.4. The molecule has 0 saturated carbocycles. The zero-order valence-corrected chi connectivity index (χ0v) is 10.4. The van der Waals surface area contributed by atoms with Crippen LogP contribution in [-0.4, -0.2) is 13.4 Å². The molecule has 0 unspecified atom stereocenters. The van der Waals surface area contributed by atoms with Gasteiger partial charge in [0.25, 0.3) is 0 Å². The van der Waals surface area contributed by atoms with Gasteiger partial charge in [0.05, 0.1) is 0 Å². The fourth-order valence-corrected chi connectivity index (χ4v) is 2.47. The Bertz CT molecular complexity index is 594. The number of sulfonamides is 1. The highest BCUT2D eigenvalue weighted by Crippen LogP contribution is 2.20. The lowest BCUT2D eigenvalue weighted by molar-refractivity contribution is 0.288. The highest BCUT2D eigenvalue weighted by atomic mass is 32.2. The van der Waals surface area contributed by atoms with Crippen LogP contribution in [0.4, 0.5) is 0 Å². The van der Waals surface area contributed by atoms with Gasteiger partial charge >= 0.3 is 0 Å². The zero-order chi connectivity index (χ0) is 12.3. The Labute approximate surface area is 103 Å². The molecule has 0 aliphatic rings. The SMILES string of the molecule is NS(=O)(=O)c1cccnc1OCc1cccs1. The van der Waals surface area contributed by atoms with Crippen LogP contribution in [0.2, 0.25) is 0 Å². The van der Waals surface area contributed by atoms with Crippen molar-refractivity contribution in [2.24, 2.45) is 5.14 Å². The summed E-state index contributed by atoms with van der Waals surface area (Å²) in [5.41, 5.74) is 0. The van der Waals surface area contributed by atoms with Gasteiger partial charge in [-0.3, -0.25) is 0 Å². The Kier molecular flexibility index (Phi) is 3.41.